The third kappa shape index (κ3) is 3.94. The van der Waals surface area contributed by atoms with Crippen LogP contribution < -0.4 is 0 Å². The van der Waals surface area contributed by atoms with Gasteiger partial charge in [0.25, 0.3) is 0 Å². The summed E-state index contributed by atoms with van der Waals surface area (Å²) in [5.41, 5.74) is 2.69. The summed E-state index contributed by atoms with van der Waals surface area (Å²) >= 11 is 1.75. The van der Waals surface area contributed by atoms with E-state index in [1.54, 1.807) is 20.0 Å². The van der Waals surface area contributed by atoms with Crippen molar-refractivity contribution in [2.75, 3.05) is 0 Å². The summed E-state index contributed by atoms with van der Waals surface area (Å²) in [6.45, 7) is 4.30. The van der Waals surface area contributed by atoms with Crippen LogP contribution in [0.4, 0.5) is 0 Å². The molecule has 0 spiro atoms. The van der Waals surface area contributed by atoms with Crippen molar-refractivity contribution in [3.63, 3.8) is 0 Å². The Balaban J connectivity index is 0.000000134. The Morgan fingerprint density at radius 3 is 1.33 bits per heavy atom. The molecule has 1 heteroatoms. The monoisotopic (exact) mass is 420 g/mol. The normalized spacial score (nSPS) is 10.7. The van der Waals surface area contributed by atoms with E-state index in [2.05, 4.69) is 116 Å². The van der Waals surface area contributed by atoms with Gasteiger partial charge >= 0.3 is 24.8 Å². The van der Waals surface area contributed by atoms with E-state index in [-0.39, 0.29) is 0 Å². The van der Waals surface area contributed by atoms with E-state index in [9.17, 15) is 0 Å². The molecule has 0 N–H and O–H groups in total. The zero-order valence-electron chi connectivity index (χ0n) is 17.4. The van der Waals surface area contributed by atoms with E-state index in [0.717, 1.165) is 0 Å². The van der Waals surface area contributed by atoms with Gasteiger partial charge in [0.15, 0.2) is 0 Å². The molecule has 0 unspecified atom stereocenters. The van der Waals surface area contributed by atoms with Crippen LogP contribution in [0.25, 0.3) is 43.1 Å². The van der Waals surface area contributed by atoms with Crippen molar-refractivity contribution < 1.29 is 20.0 Å². The van der Waals surface area contributed by atoms with Gasteiger partial charge in [-0.2, -0.15) is 12.1 Å². The third-order valence-electron chi connectivity index (χ3n) is 5.52. The number of hydrogen-bond acceptors (Lipinski definition) is 0. The molecule has 0 radical (unpaired) electrons. The van der Waals surface area contributed by atoms with Gasteiger partial charge in [-0.05, 0) is 0 Å². The quantitative estimate of drug-likeness (QED) is 0.172. The van der Waals surface area contributed by atoms with Crippen LogP contribution in [0.2, 0.25) is 0 Å². The molecule has 6 aromatic carbocycles. The van der Waals surface area contributed by atoms with Gasteiger partial charge in [0.1, 0.15) is 0 Å². The Morgan fingerprint density at radius 1 is 0.533 bits per heavy atom. The summed E-state index contributed by atoms with van der Waals surface area (Å²) in [6, 6.07) is 34.9. The first-order valence-electron chi connectivity index (χ1n) is 10.1. The number of benzene rings is 4. The number of fused-ring (bicyclic) bond motifs is 6. The molecule has 0 amide bonds. The van der Waals surface area contributed by atoms with E-state index in [4.69, 9.17) is 0 Å². The molecule has 0 aliphatic rings. The minimum absolute atomic E-state index is 1.32. The van der Waals surface area contributed by atoms with Gasteiger partial charge in [0.2, 0.25) is 0 Å². The van der Waals surface area contributed by atoms with Gasteiger partial charge in [-0.3, -0.25) is 0 Å². The Labute approximate surface area is 189 Å². The topological polar surface area (TPSA) is 0 Å². The van der Waals surface area contributed by atoms with Gasteiger partial charge in [-0.1, -0.05) is 96.1 Å². The molecule has 0 atom stereocenters. The van der Waals surface area contributed by atoms with Gasteiger partial charge < -0.3 is 0 Å². The van der Waals surface area contributed by atoms with Crippen LogP contribution in [0.1, 0.15) is 11.1 Å². The first-order valence-corrected chi connectivity index (χ1v) is 11.2. The van der Waals surface area contributed by atoms with Crippen molar-refractivity contribution in [3.8, 4) is 0 Å². The summed E-state index contributed by atoms with van der Waals surface area (Å²) in [7, 11) is 0. The summed E-state index contributed by atoms with van der Waals surface area (Å²) in [4.78, 5) is 3.25. The van der Waals surface area contributed by atoms with Crippen LogP contribution in [0.5, 0.6) is 0 Å². The van der Waals surface area contributed by atoms with Crippen LogP contribution in [0.3, 0.4) is 0 Å². The fourth-order valence-electron chi connectivity index (χ4n) is 4.23. The molecule has 0 saturated carbocycles. The summed E-state index contributed by atoms with van der Waals surface area (Å²) in [5.74, 6) is 0. The van der Waals surface area contributed by atoms with E-state index in [0.29, 0.717) is 0 Å². The molecule has 6 rings (SSSR count). The molecule has 0 fully saturated rings. The first kappa shape index (κ1) is 20.5. The predicted molar refractivity (Wildman–Crippen MR) is 131 cm³/mol. The van der Waals surface area contributed by atoms with Crippen molar-refractivity contribution in [1.82, 2.24) is 0 Å². The van der Waals surface area contributed by atoms with Crippen molar-refractivity contribution in [3.05, 3.63) is 108 Å². The number of hydrogen-bond donors (Lipinski definition) is 0. The zero-order chi connectivity index (χ0) is 21.1. The Morgan fingerprint density at radius 2 is 0.900 bits per heavy atom. The molecular weight excluding hydrogens is 396 g/mol. The summed E-state index contributed by atoms with van der Waals surface area (Å²) in [5, 5.41) is 10.8. The Kier molecular flexibility index (Phi) is 6.09. The maximum atomic E-state index is 3.25. The average Bonchev–Trinajstić information content (AvgIpc) is 3.37. The average molecular weight is 420 g/mol. The molecule has 0 aliphatic heterocycles. The zero-order valence-corrected chi connectivity index (χ0v) is 19.0. The first-order chi connectivity index (χ1) is 14.7. The second kappa shape index (κ2) is 8.92. The van der Waals surface area contributed by atoms with E-state index >= 15 is 0 Å². The maximum absolute atomic E-state index is 3.25. The third-order valence-corrected chi connectivity index (χ3v) is 5.52. The van der Waals surface area contributed by atoms with Crippen LogP contribution >= 0.6 is 0 Å². The van der Waals surface area contributed by atoms with Crippen molar-refractivity contribution in [2.24, 2.45) is 0 Å². The standard InChI is InChI=1S/2C14H11.CH2.Ti/c2*1-10-8-12-7-6-11-4-2-3-5-13(11)14(12)9-10;;/h2*2-9H,1H3;1H2;/q2*-1;;+2. The Bertz CT molecular complexity index is 1330. The van der Waals surface area contributed by atoms with E-state index in [1.165, 1.54) is 54.2 Å². The molecule has 0 aromatic heterocycles. The predicted octanol–water partition coefficient (Wildman–Crippen LogP) is 8.01. The second-order valence-electron chi connectivity index (χ2n) is 7.64. The summed E-state index contributed by atoms with van der Waals surface area (Å²) < 4.78 is 0. The van der Waals surface area contributed by atoms with Crippen LogP contribution in [0, 0.1) is 13.8 Å². The van der Waals surface area contributed by atoms with Crippen molar-refractivity contribution in [1.29, 1.82) is 0 Å². The molecule has 30 heavy (non-hydrogen) atoms. The molecule has 0 nitrogen and oxygen atoms in total. The summed E-state index contributed by atoms with van der Waals surface area (Å²) in [6.07, 6.45) is 0. The van der Waals surface area contributed by atoms with E-state index in [1.807, 2.05) is 0 Å². The molecule has 144 valence electrons. The fraction of sp³-hybridized carbons (Fsp3) is 0.0690. The number of rotatable bonds is 0. The van der Waals surface area contributed by atoms with E-state index < -0.39 is 0 Å². The molecule has 0 saturated heterocycles. The molecule has 0 bridgehead atoms. The van der Waals surface area contributed by atoms with Gasteiger partial charge in [-0.25, -0.2) is 0 Å². The molecule has 6 aromatic rings. The van der Waals surface area contributed by atoms with Gasteiger partial charge in [0.05, 0.1) is 0 Å². The van der Waals surface area contributed by atoms with Crippen molar-refractivity contribution >= 4 is 47.9 Å². The van der Waals surface area contributed by atoms with Crippen LogP contribution in [-0.4, -0.2) is 4.82 Å². The minimum atomic E-state index is 1.32. The number of aryl methyl sites for hydroxylation is 2. The molecular formula is C29H24Ti. The van der Waals surface area contributed by atoms with Crippen LogP contribution in [0.15, 0.2) is 97.1 Å². The Hall–Kier alpha value is -2.80. The molecule has 0 aliphatic carbocycles. The molecule has 0 heterocycles. The van der Waals surface area contributed by atoms with Gasteiger partial charge in [-0.15, -0.1) is 56.9 Å². The van der Waals surface area contributed by atoms with Crippen molar-refractivity contribution in [2.45, 2.75) is 13.8 Å². The second-order valence-corrected chi connectivity index (χ2v) is 7.64. The fourth-order valence-corrected chi connectivity index (χ4v) is 4.23. The SMILES string of the molecule is Cc1cc2ccc3ccccc3c2[cH-]1.Cc1cc2ccc3ccccc3c2[cH-]1.[CH2]=[Ti+2]. The van der Waals surface area contributed by atoms with Crippen LogP contribution in [-0.2, 0) is 20.0 Å². The van der Waals surface area contributed by atoms with Gasteiger partial charge in [0, 0.05) is 0 Å².